The van der Waals surface area contributed by atoms with Crippen molar-refractivity contribution in [3.05, 3.63) is 63.5 Å². The van der Waals surface area contributed by atoms with Gasteiger partial charge in [-0.1, -0.05) is 12.1 Å². The summed E-state index contributed by atoms with van der Waals surface area (Å²) in [6.07, 6.45) is 3.99. The van der Waals surface area contributed by atoms with E-state index in [0.717, 1.165) is 11.1 Å². The number of thiocarbonyl (C=S) groups is 1. The lowest BCUT2D eigenvalue weighted by Crippen LogP contribution is -2.53. The third-order valence-corrected chi connectivity index (χ3v) is 4.35. The lowest BCUT2D eigenvalue weighted by Gasteiger charge is -2.27. The molecule has 0 radical (unpaired) electrons. The SMILES string of the molecule is C=CCN1C(=O)/C(=C/c2coc3c(C)cc(C)cc3c2=O)C(=O)NC1=S. The van der Waals surface area contributed by atoms with E-state index in [4.69, 9.17) is 16.6 Å². The molecule has 0 saturated carbocycles. The molecule has 1 saturated heterocycles. The minimum absolute atomic E-state index is 0.00819. The fourth-order valence-corrected chi connectivity index (χ4v) is 3.10. The number of nitrogens with one attached hydrogen (secondary N) is 1. The Balaban J connectivity index is 2.14. The second-order valence-electron chi connectivity index (χ2n) is 6.00. The van der Waals surface area contributed by atoms with Crippen LogP contribution in [-0.2, 0) is 9.59 Å². The van der Waals surface area contributed by atoms with Crippen LogP contribution in [0.15, 0.2) is 45.8 Å². The monoisotopic (exact) mass is 368 g/mol. The maximum Gasteiger partial charge on any atom is 0.265 e. The molecular weight excluding hydrogens is 352 g/mol. The lowest BCUT2D eigenvalue weighted by atomic mass is 10.0. The highest BCUT2D eigenvalue weighted by Gasteiger charge is 2.32. The van der Waals surface area contributed by atoms with Crippen LogP contribution in [0.1, 0.15) is 16.7 Å². The molecule has 26 heavy (non-hydrogen) atoms. The minimum Gasteiger partial charge on any atom is -0.463 e. The van der Waals surface area contributed by atoms with Crippen molar-refractivity contribution in [2.75, 3.05) is 6.54 Å². The number of benzene rings is 1. The summed E-state index contributed by atoms with van der Waals surface area (Å²) in [4.78, 5) is 38.7. The molecule has 6 nitrogen and oxygen atoms in total. The zero-order valence-corrected chi connectivity index (χ0v) is 15.1. The maximum atomic E-state index is 12.8. The summed E-state index contributed by atoms with van der Waals surface area (Å²) in [7, 11) is 0. The molecule has 1 N–H and O–H groups in total. The van der Waals surface area contributed by atoms with Crippen LogP contribution in [0.25, 0.3) is 17.0 Å². The van der Waals surface area contributed by atoms with E-state index in [1.807, 2.05) is 19.9 Å². The first kappa shape index (κ1) is 17.8. The van der Waals surface area contributed by atoms with Gasteiger partial charge in [0.05, 0.1) is 10.9 Å². The number of fused-ring (bicyclic) bond motifs is 1. The summed E-state index contributed by atoms with van der Waals surface area (Å²) in [5, 5.41) is 2.85. The standard InChI is InChI=1S/C19H16N2O4S/c1-4-5-21-18(24)14(17(23)20-19(21)26)8-12-9-25-16-11(3)6-10(2)7-13(16)15(12)22/h4,6-9H,1,5H2,2-3H3,(H,20,23,26)/b14-8+. The van der Waals surface area contributed by atoms with Gasteiger partial charge in [-0.3, -0.25) is 24.6 Å². The molecule has 0 aliphatic carbocycles. The largest absolute Gasteiger partial charge is 0.463 e. The van der Waals surface area contributed by atoms with Crippen LogP contribution < -0.4 is 10.7 Å². The van der Waals surface area contributed by atoms with Crippen LogP contribution in [0.4, 0.5) is 0 Å². The maximum absolute atomic E-state index is 12.8. The van der Waals surface area contributed by atoms with Gasteiger partial charge in [0.25, 0.3) is 11.8 Å². The van der Waals surface area contributed by atoms with Gasteiger partial charge in [0.2, 0.25) is 0 Å². The molecule has 0 atom stereocenters. The Morgan fingerprint density at radius 3 is 2.69 bits per heavy atom. The first-order valence-corrected chi connectivity index (χ1v) is 8.27. The van der Waals surface area contributed by atoms with Crippen molar-refractivity contribution >= 4 is 46.2 Å². The van der Waals surface area contributed by atoms with Crippen LogP contribution in [-0.4, -0.2) is 28.4 Å². The highest BCUT2D eigenvalue weighted by molar-refractivity contribution is 7.80. The van der Waals surface area contributed by atoms with E-state index in [-0.39, 0.29) is 28.2 Å². The number of hydrogen-bond donors (Lipinski definition) is 1. The summed E-state index contributed by atoms with van der Waals surface area (Å²) in [5.74, 6) is -1.24. The summed E-state index contributed by atoms with van der Waals surface area (Å²) >= 11 is 5.00. The van der Waals surface area contributed by atoms with Crippen LogP contribution >= 0.6 is 12.2 Å². The molecular formula is C19H16N2O4S. The predicted molar refractivity (Wildman–Crippen MR) is 103 cm³/mol. The number of carbonyl (C=O) groups is 2. The molecule has 0 spiro atoms. The Bertz CT molecular complexity index is 1070. The van der Waals surface area contributed by atoms with Gasteiger partial charge in [0, 0.05) is 6.54 Å². The van der Waals surface area contributed by atoms with E-state index >= 15 is 0 Å². The van der Waals surface area contributed by atoms with Crippen molar-refractivity contribution in [1.82, 2.24) is 10.2 Å². The van der Waals surface area contributed by atoms with Crippen molar-refractivity contribution in [2.45, 2.75) is 13.8 Å². The number of aryl methyl sites for hydroxylation is 2. The summed E-state index contributed by atoms with van der Waals surface area (Å²) < 4.78 is 5.57. The summed E-state index contributed by atoms with van der Waals surface area (Å²) in [5.41, 5.74) is 1.86. The van der Waals surface area contributed by atoms with Crippen molar-refractivity contribution in [1.29, 1.82) is 0 Å². The number of amides is 2. The highest BCUT2D eigenvalue weighted by atomic mass is 32.1. The molecule has 1 aliphatic rings. The molecule has 2 heterocycles. The topological polar surface area (TPSA) is 79.6 Å². The molecule has 3 rings (SSSR count). The number of rotatable bonds is 3. The second-order valence-corrected chi connectivity index (χ2v) is 6.39. The smallest absolute Gasteiger partial charge is 0.265 e. The normalized spacial score (nSPS) is 16.3. The van der Waals surface area contributed by atoms with Gasteiger partial charge >= 0.3 is 0 Å². The molecule has 0 bridgehead atoms. The van der Waals surface area contributed by atoms with Crippen LogP contribution in [0.2, 0.25) is 0 Å². The van der Waals surface area contributed by atoms with Crippen LogP contribution in [0, 0.1) is 13.8 Å². The Labute approximate surface area is 154 Å². The van der Waals surface area contributed by atoms with Crippen LogP contribution in [0.5, 0.6) is 0 Å². The molecule has 2 aromatic rings. The van der Waals surface area contributed by atoms with Crippen LogP contribution in [0.3, 0.4) is 0 Å². The molecule has 1 aliphatic heterocycles. The zero-order chi connectivity index (χ0) is 19.0. The van der Waals surface area contributed by atoms with E-state index < -0.39 is 11.8 Å². The van der Waals surface area contributed by atoms with E-state index in [0.29, 0.717) is 11.0 Å². The Hall–Kier alpha value is -3.06. The van der Waals surface area contributed by atoms with E-state index in [2.05, 4.69) is 11.9 Å². The van der Waals surface area contributed by atoms with Gasteiger partial charge in [-0.25, -0.2) is 0 Å². The van der Waals surface area contributed by atoms with Gasteiger partial charge in [-0.2, -0.15) is 0 Å². The molecule has 1 aromatic heterocycles. The second kappa shape index (κ2) is 6.68. The Morgan fingerprint density at radius 1 is 1.27 bits per heavy atom. The van der Waals surface area contributed by atoms with Gasteiger partial charge in [0.15, 0.2) is 10.5 Å². The average Bonchev–Trinajstić information content (AvgIpc) is 2.57. The van der Waals surface area contributed by atoms with Gasteiger partial charge < -0.3 is 4.42 Å². The van der Waals surface area contributed by atoms with Gasteiger partial charge in [-0.05, 0) is 49.3 Å². The zero-order valence-electron chi connectivity index (χ0n) is 14.3. The van der Waals surface area contributed by atoms with Gasteiger partial charge in [0.1, 0.15) is 17.4 Å². The molecule has 132 valence electrons. The fraction of sp³-hybridized carbons (Fsp3) is 0.158. The summed E-state index contributed by atoms with van der Waals surface area (Å²) in [6, 6.07) is 3.63. The third kappa shape index (κ3) is 2.97. The minimum atomic E-state index is -0.653. The third-order valence-electron chi connectivity index (χ3n) is 4.03. The molecule has 7 heteroatoms. The first-order chi connectivity index (χ1) is 12.3. The lowest BCUT2D eigenvalue weighted by molar-refractivity contribution is -0.128. The van der Waals surface area contributed by atoms with Crippen molar-refractivity contribution in [2.24, 2.45) is 0 Å². The predicted octanol–water partition coefficient (Wildman–Crippen LogP) is 2.22. The number of hydrogen-bond acceptors (Lipinski definition) is 5. The molecule has 2 amide bonds. The van der Waals surface area contributed by atoms with Crippen molar-refractivity contribution < 1.29 is 14.0 Å². The Kier molecular flexibility index (Phi) is 4.56. The fourth-order valence-electron chi connectivity index (χ4n) is 2.85. The highest BCUT2D eigenvalue weighted by Crippen LogP contribution is 2.20. The molecule has 1 fully saturated rings. The van der Waals surface area contributed by atoms with Gasteiger partial charge in [-0.15, -0.1) is 6.58 Å². The summed E-state index contributed by atoms with van der Waals surface area (Å²) in [6.45, 7) is 7.45. The van der Waals surface area contributed by atoms with Crippen molar-refractivity contribution in [3.63, 3.8) is 0 Å². The molecule has 1 aromatic carbocycles. The quantitative estimate of drug-likeness (QED) is 0.389. The molecule has 0 unspecified atom stereocenters. The van der Waals surface area contributed by atoms with E-state index in [1.165, 1.54) is 23.3 Å². The number of nitrogens with zero attached hydrogens (tertiary/aromatic N) is 1. The van der Waals surface area contributed by atoms with E-state index in [9.17, 15) is 14.4 Å². The Morgan fingerprint density at radius 2 is 2.00 bits per heavy atom. The van der Waals surface area contributed by atoms with Crippen molar-refractivity contribution in [3.8, 4) is 0 Å². The number of carbonyl (C=O) groups excluding carboxylic acids is 2. The first-order valence-electron chi connectivity index (χ1n) is 7.86. The average molecular weight is 368 g/mol. The van der Waals surface area contributed by atoms with E-state index in [1.54, 1.807) is 6.07 Å².